The molecule has 1 aliphatic heterocycles. The molecule has 8 nitrogen and oxygen atoms in total. The lowest BCUT2D eigenvalue weighted by Gasteiger charge is -2.26. The molecule has 1 N–H and O–H groups in total. The van der Waals surface area contributed by atoms with Crippen LogP contribution in [0.2, 0.25) is 0 Å². The van der Waals surface area contributed by atoms with Gasteiger partial charge in [-0.1, -0.05) is 6.07 Å². The number of pyridine rings is 1. The molecule has 0 unspecified atom stereocenters. The lowest BCUT2D eigenvalue weighted by molar-refractivity contribution is -0.134. The highest BCUT2D eigenvalue weighted by Gasteiger charge is 2.16. The molecule has 1 saturated heterocycles. The SMILES string of the molecule is C/C(=N/NC(=O)Cn1ccccc1=O)c1ccc(OCC(=O)N2CCCCC2)cc1. The lowest BCUT2D eigenvalue weighted by atomic mass is 10.1. The molecule has 1 aromatic heterocycles. The van der Waals surface area contributed by atoms with Crippen LogP contribution in [0.15, 0.2) is 58.6 Å². The Balaban J connectivity index is 1.49. The van der Waals surface area contributed by atoms with Crippen molar-refractivity contribution < 1.29 is 14.3 Å². The zero-order valence-corrected chi connectivity index (χ0v) is 17.0. The van der Waals surface area contributed by atoms with Gasteiger partial charge in [0.2, 0.25) is 0 Å². The minimum atomic E-state index is -0.390. The largest absolute Gasteiger partial charge is 0.484 e. The van der Waals surface area contributed by atoms with Crippen LogP contribution >= 0.6 is 0 Å². The number of hydrogen-bond donors (Lipinski definition) is 1. The molecule has 158 valence electrons. The first-order valence-electron chi connectivity index (χ1n) is 10.0. The molecule has 2 aromatic rings. The molecule has 0 radical (unpaired) electrons. The first-order chi connectivity index (χ1) is 14.5. The van der Waals surface area contributed by atoms with Gasteiger partial charge in [-0.3, -0.25) is 14.4 Å². The van der Waals surface area contributed by atoms with Crippen molar-refractivity contribution in [1.82, 2.24) is 14.9 Å². The predicted molar refractivity (Wildman–Crippen MR) is 113 cm³/mol. The molecular weight excluding hydrogens is 384 g/mol. The average Bonchev–Trinajstić information content (AvgIpc) is 2.78. The number of amides is 2. The molecule has 0 aliphatic carbocycles. The average molecular weight is 410 g/mol. The van der Waals surface area contributed by atoms with Gasteiger partial charge in [-0.2, -0.15) is 5.10 Å². The normalized spacial score (nSPS) is 14.3. The van der Waals surface area contributed by atoms with Gasteiger partial charge >= 0.3 is 0 Å². The quantitative estimate of drug-likeness (QED) is 0.556. The number of carbonyl (C=O) groups excluding carboxylic acids is 2. The van der Waals surface area contributed by atoms with Crippen molar-refractivity contribution in [2.75, 3.05) is 19.7 Å². The smallest absolute Gasteiger partial charge is 0.260 e. The van der Waals surface area contributed by atoms with Crippen molar-refractivity contribution in [2.24, 2.45) is 5.10 Å². The van der Waals surface area contributed by atoms with Gasteiger partial charge in [0.1, 0.15) is 12.3 Å². The Morgan fingerprint density at radius 2 is 1.80 bits per heavy atom. The molecule has 3 rings (SSSR count). The van der Waals surface area contributed by atoms with Crippen LogP contribution in [0.5, 0.6) is 5.75 Å². The maximum Gasteiger partial charge on any atom is 0.260 e. The second-order valence-electron chi connectivity index (χ2n) is 7.15. The van der Waals surface area contributed by atoms with Crippen LogP contribution in [0.1, 0.15) is 31.7 Å². The molecule has 30 heavy (non-hydrogen) atoms. The number of piperidine rings is 1. The molecule has 0 bridgehead atoms. The molecule has 1 fully saturated rings. The van der Waals surface area contributed by atoms with Crippen LogP contribution in [-0.4, -0.2) is 46.7 Å². The summed E-state index contributed by atoms with van der Waals surface area (Å²) in [6.45, 7) is 3.31. The Hall–Kier alpha value is -3.42. The van der Waals surface area contributed by atoms with Crippen LogP contribution in [0, 0.1) is 0 Å². The summed E-state index contributed by atoms with van der Waals surface area (Å²) in [5.41, 5.74) is 3.63. The third kappa shape index (κ3) is 6.04. The van der Waals surface area contributed by atoms with Crippen molar-refractivity contribution in [2.45, 2.75) is 32.7 Å². The van der Waals surface area contributed by atoms with E-state index in [0.29, 0.717) is 11.5 Å². The highest BCUT2D eigenvalue weighted by molar-refractivity contribution is 5.99. The number of hydrogen-bond acceptors (Lipinski definition) is 5. The third-order valence-electron chi connectivity index (χ3n) is 4.90. The lowest BCUT2D eigenvalue weighted by Crippen LogP contribution is -2.38. The van der Waals surface area contributed by atoms with Crippen LogP contribution in [-0.2, 0) is 16.1 Å². The van der Waals surface area contributed by atoms with Crippen LogP contribution in [0.3, 0.4) is 0 Å². The Kier molecular flexibility index (Phi) is 7.37. The summed E-state index contributed by atoms with van der Waals surface area (Å²) in [6.07, 6.45) is 4.83. The summed E-state index contributed by atoms with van der Waals surface area (Å²) < 4.78 is 6.90. The zero-order chi connectivity index (χ0) is 21.3. The van der Waals surface area contributed by atoms with Crippen LogP contribution in [0.25, 0.3) is 0 Å². The number of hydrazone groups is 1. The number of nitrogens with zero attached hydrogens (tertiary/aromatic N) is 3. The number of rotatable bonds is 7. The number of benzene rings is 1. The van der Waals surface area contributed by atoms with Gasteiger partial charge in [-0.25, -0.2) is 5.43 Å². The molecule has 1 aliphatic rings. The van der Waals surface area contributed by atoms with Gasteiger partial charge in [0.05, 0.1) is 5.71 Å². The van der Waals surface area contributed by atoms with Gasteiger partial charge < -0.3 is 14.2 Å². The zero-order valence-electron chi connectivity index (χ0n) is 17.0. The fourth-order valence-electron chi connectivity index (χ4n) is 3.16. The van der Waals surface area contributed by atoms with Gasteiger partial charge in [-0.05, 0) is 62.1 Å². The topological polar surface area (TPSA) is 93.0 Å². The van der Waals surface area contributed by atoms with E-state index in [-0.39, 0.29) is 30.5 Å². The molecule has 2 heterocycles. The standard InChI is InChI=1S/C22H26N4O4/c1-17(23-24-20(27)15-26-14-6-3-7-21(26)28)18-8-10-19(11-9-18)30-16-22(29)25-12-4-2-5-13-25/h3,6-11,14H,2,4-5,12-13,15-16H2,1H3,(H,24,27)/b23-17-. The molecule has 0 saturated carbocycles. The molecule has 1 aromatic carbocycles. The minimum absolute atomic E-state index is 0.0109. The van der Waals surface area contributed by atoms with E-state index in [4.69, 9.17) is 4.74 Å². The van der Waals surface area contributed by atoms with Gasteiger partial charge in [0.25, 0.3) is 17.4 Å². The fraction of sp³-hybridized carbons (Fsp3) is 0.364. The fourth-order valence-corrected chi connectivity index (χ4v) is 3.16. The monoisotopic (exact) mass is 410 g/mol. The molecule has 2 amide bonds. The Labute approximate surface area is 175 Å². The van der Waals surface area contributed by atoms with E-state index in [1.54, 1.807) is 37.4 Å². The summed E-state index contributed by atoms with van der Waals surface area (Å²) in [7, 11) is 0. The second kappa shape index (κ2) is 10.4. The van der Waals surface area contributed by atoms with E-state index in [0.717, 1.165) is 31.5 Å². The van der Waals surface area contributed by atoms with E-state index in [9.17, 15) is 14.4 Å². The summed E-state index contributed by atoms with van der Waals surface area (Å²) in [5.74, 6) is 0.222. The first kappa shape index (κ1) is 21.3. The Bertz CT molecular complexity index is 960. The molecule has 0 atom stereocenters. The number of likely N-dealkylation sites (tertiary alicyclic amines) is 1. The van der Waals surface area contributed by atoms with Crippen molar-refractivity contribution in [1.29, 1.82) is 0 Å². The van der Waals surface area contributed by atoms with Crippen LogP contribution < -0.4 is 15.7 Å². The first-order valence-corrected chi connectivity index (χ1v) is 10.0. The number of carbonyl (C=O) groups is 2. The van der Waals surface area contributed by atoms with E-state index in [1.807, 2.05) is 17.0 Å². The summed E-state index contributed by atoms with van der Waals surface area (Å²) in [5, 5.41) is 4.09. The minimum Gasteiger partial charge on any atom is -0.484 e. The summed E-state index contributed by atoms with van der Waals surface area (Å²) in [4.78, 5) is 37.7. The molecule has 0 spiro atoms. The summed E-state index contributed by atoms with van der Waals surface area (Å²) >= 11 is 0. The van der Waals surface area contributed by atoms with E-state index in [2.05, 4.69) is 10.5 Å². The van der Waals surface area contributed by atoms with Gasteiger partial charge in [-0.15, -0.1) is 0 Å². The molecule has 8 heteroatoms. The highest BCUT2D eigenvalue weighted by atomic mass is 16.5. The maximum absolute atomic E-state index is 12.2. The number of ether oxygens (including phenoxy) is 1. The maximum atomic E-state index is 12.2. The number of nitrogens with one attached hydrogen (secondary N) is 1. The van der Waals surface area contributed by atoms with Crippen molar-refractivity contribution in [3.05, 3.63) is 64.6 Å². The summed E-state index contributed by atoms with van der Waals surface area (Å²) in [6, 6.07) is 11.9. The van der Waals surface area contributed by atoms with Crippen LogP contribution in [0.4, 0.5) is 0 Å². The molecular formula is C22H26N4O4. The van der Waals surface area contributed by atoms with E-state index >= 15 is 0 Å². The van der Waals surface area contributed by atoms with Gasteiger partial charge in [0.15, 0.2) is 6.61 Å². The van der Waals surface area contributed by atoms with E-state index < -0.39 is 0 Å². The van der Waals surface area contributed by atoms with Crippen molar-refractivity contribution in [3.63, 3.8) is 0 Å². The Morgan fingerprint density at radius 3 is 2.50 bits per heavy atom. The predicted octanol–water partition coefficient (Wildman–Crippen LogP) is 1.78. The third-order valence-corrected chi connectivity index (χ3v) is 4.90. The van der Waals surface area contributed by atoms with E-state index in [1.165, 1.54) is 17.1 Å². The Morgan fingerprint density at radius 1 is 1.07 bits per heavy atom. The second-order valence-corrected chi connectivity index (χ2v) is 7.15. The van der Waals surface area contributed by atoms with Crippen molar-refractivity contribution >= 4 is 17.5 Å². The highest BCUT2D eigenvalue weighted by Crippen LogP contribution is 2.14. The van der Waals surface area contributed by atoms with Crippen molar-refractivity contribution in [3.8, 4) is 5.75 Å². The number of aromatic nitrogens is 1. The van der Waals surface area contributed by atoms with Gasteiger partial charge in [0, 0.05) is 25.4 Å².